The van der Waals surface area contributed by atoms with Crippen LogP contribution >= 0.6 is 15.9 Å². The van der Waals surface area contributed by atoms with E-state index >= 15 is 0 Å². The summed E-state index contributed by atoms with van der Waals surface area (Å²) in [4.78, 5) is 0.125. The highest BCUT2D eigenvalue weighted by Gasteiger charge is 2.19. The lowest BCUT2D eigenvalue weighted by Gasteiger charge is -2.16. The minimum Gasteiger partial charge on any atom is -0.398 e. The molecule has 1 rings (SSSR count). The van der Waals surface area contributed by atoms with E-state index in [4.69, 9.17) is 10.8 Å². The quantitative estimate of drug-likeness (QED) is 0.686. The highest BCUT2D eigenvalue weighted by molar-refractivity contribution is 9.10. The van der Waals surface area contributed by atoms with Gasteiger partial charge < -0.3 is 10.8 Å². The predicted octanol–water partition coefficient (Wildman–Crippen LogP) is 1.47. The minimum atomic E-state index is -3.59. The maximum atomic E-state index is 12.1. The van der Waals surface area contributed by atoms with Gasteiger partial charge in [0.05, 0.1) is 4.90 Å². The van der Waals surface area contributed by atoms with Crippen molar-refractivity contribution < 1.29 is 13.5 Å². The van der Waals surface area contributed by atoms with Crippen LogP contribution in [0.1, 0.15) is 19.8 Å². The molecular weight excluding hydrogens is 320 g/mol. The van der Waals surface area contributed by atoms with Crippen molar-refractivity contribution in [3.63, 3.8) is 0 Å². The second-order valence-corrected chi connectivity index (χ2v) is 6.49. The van der Waals surface area contributed by atoms with Crippen LogP contribution in [0.25, 0.3) is 0 Å². The molecule has 0 saturated carbocycles. The molecule has 1 atom stereocenters. The Bertz CT molecular complexity index is 505. The van der Waals surface area contributed by atoms with Gasteiger partial charge in [-0.05, 0) is 47.0 Å². The summed E-state index contributed by atoms with van der Waals surface area (Å²) in [6, 6.07) is 4.20. The second kappa shape index (κ2) is 6.51. The Kier molecular flexibility index (Phi) is 5.58. The molecule has 0 aliphatic heterocycles. The molecule has 1 aromatic carbocycles. The SMILES string of the molecule is CCC(CCO)NS(=O)(=O)c1ccc(Br)c(N)c1. The van der Waals surface area contributed by atoms with Gasteiger partial charge in [-0.2, -0.15) is 0 Å². The number of hydrogen-bond donors (Lipinski definition) is 3. The molecule has 0 spiro atoms. The van der Waals surface area contributed by atoms with Crippen LogP contribution in [0.15, 0.2) is 27.6 Å². The molecule has 102 valence electrons. The number of benzene rings is 1. The number of hydrogen-bond acceptors (Lipinski definition) is 4. The Balaban J connectivity index is 2.95. The fourth-order valence-electron chi connectivity index (χ4n) is 1.48. The maximum Gasteiger partial charge on any atom is 0.240 e. The van der Waals surface area contributed by atoms with Gasteiger partial charge in [-0.15, -0.1) is 0 Å². The molecule has 0 aliphatic rings. The molecule has 0 saturated heterocycles. The number of nitrogen functional groups attached to an aromatic ring is 1. The molecule has 0 radical (unpaired) electrons. The summed E-state index contributed by atoms with van der Waals surface area (Å²) in [6.07, 6.45) is 1.01. The first-order valence-corrected chi connectivity index (χ1v) is 7.86. The van der Waals surface area contributed by atoms with Crippen molar-refractivity contribution in [2.24, 2.45) is 0 Å². The van der Waals surface area contributed by atoms with Crippen LogP contribution in [0.5, 0.6) is 0 Å². The van der Waals surface area contributed by atoms with Crippen LogP contribution < -0.4 is 10.5 Å². The van der Waals surface area contributed by atoms with Gasteiger partial charge in [0.25, 0.3) is 0 Å². The smallest absolute Gasteiger partial charge is 0.240 e. The van der Waals surface area contributed by atoms with E-state index in [9.17, 15) is 8.42 Å². The van der Waals surface area contributed by atoms with Crippen molar-refractivity contribution in [3.05, 3.63) is 22.7 Å². The predicted molar refractivity (Wildman–Crippen MR) is 74.7 cm³/mol. The number of halogens is 1. The van der Waals surface area contributed by atoms with Gasteiger partial charge in [0.15, 0.2) is 0 Å². The van der Waals surface area contributed by atoms with Crippen LogP contribution in [0.4, 0.5) is 5.69 Å². The largest absolute Gasteiger partial charge is 0.398 e. The molecular formula is C11H17BrN2O3S. The Labute approximate surface area is 116 Å². The maximum absolute atomic E-state index is 12.1. The zero-order chi connectivity index (χ0) is 13.8. The van der Waals surface area contributed by atoms with E-state index in [2.05, 4.69) is 20.7 Å². The molecule has 0 fully saturated rings. The molecule has 0 aliphatic carbocycles. The summed E-state index contributed by atoms with van der Waals surface area (Å²) in [6.45, 7) is 1.81. The second-order valence-electron chi connectivity index (χ2n) is 3.92. The lowest BCUT2D eigenvalue weighted by Crippen LogP contribution is -2.35. The molecule has 7 heteroatoms. The molecule has 0 bridgehead atoms. The van der Waals surface area contributed by atoms with E-state index in [0.29, 0.717) is 23.0 Å². The van der Waals surface area contributed by atoms with Crippen molar-refractivity contribution in [2.45, 2.75) is 30.7 Å². The average molecular weight is 337 g/mol. The summed E-state index contributed by atoms with van der Waals surface area (Å²) in [5.74, 6) is 0. The van der Waals surface area contributed by atoms with Gasteiger partial charge >= 0.3 is 0 Å². The Morgan fingerprint density at radius 2 is 2.17 bits per heavy atom. The standard InChI is InChI=1S/C11H17BrN2O3S/c1-2-8(5-6-15)14-18(16,17)9-3-4-10(12)11(13)7-9/h3-4,7-8,14-15H,2,5-6,13H2,1H3. The lowest BCUT2D eigenvalue weighted by atomic mass is 10.2. The normalized spacial score (nSPS) is 13.5. The summed E-state index contributed by atoms with van der Waals surface area (Å²) in [5.41, 5.74) is 6.03. The molecule has 1 aromatic rings. The first kappa shape index (κ1) is 15.4. The van der Waals surface area contributed by atoms with E-state index in [1.165, 1.54) is 12.1 Å². The highest BCUT2D eigenvalue weighted by Crippen LogP contribution is 2.23. The lowest BCUT2D eigenvalue weighted by molar-refractivity contribution is 0.270. The molecule has 4 N–H and O–H groups in total. The summed E-state index contributed by atoms with van der Waals surface area (Å²) in [7, 11) is -3.59. The van der Waals surface area contributed by atoms with Crippen LogP contribution in [-0.2, 0) is 10.0 Å². The number of anilines is 1. The number of aliphatic hydroxyl groups is 1. The van der Waals surface area contributed by atoms with Crippen molar-refractivity contribution in [3.8, 4) is 0 Å². The summed E-state index contributed by atoms with van der Waals surface area (Å²) >= 11 is 3.21. The van der Waals surface area contributed by atoms with Crippen molar-refractivity contribution in [1.82, 2.24) is 4.72 Å². The molecule has 5 nitrogen and oxygen atoms in total. The van der Waals surface area contributed by atoms with Crippen LogP contribution in [0, 0.1) is 0 Å². The number of rotatable bonds is 6. The van der Waals surface area contributed by atoms with Gasteiger partial charge in [-0.3, -0.25) is 0 Å². The molecule has 0 aromatic heterocycles. The Hall–Kier alpha value is -0.630. The van der Waals surface area contributed by atoms with Gasteiger partial charge in [-0.1, -0.05) is 6.92 Å². The van der Waals surface area contributed by atoms with Gasteiger partial charge in [0.1, 0.15) is 0 Å². The van der Waals surface area contributed by atoms with Crippen molar-refractivity contribution in [2.75, 3.05) is 12.3 Å². The fourth-order valence-corrected chi connectivity index (χ4v) is 3.11. The molecule has 0 heterocycles. The first-order valence-electron chi connectivity index (χ1n) is 5.59. The van der Waals surface area contributed by atoms with Gasteiger partial charge in [0.2, 0.25) is 10.0 Å². The molecule has 0 amide bonds. The monoisotopic (exact) mass is 336 g/mol. The van der Waals surface area contributed by atoms with Crippen molar-refractivity contribution >= 4 is 31.6 Å². The van der Waals surface area contributed by atoms with E-state index < -0.39 is 10.0 Å². The average Bonchev–Trinajstić information content (AvgIpc) is 2.31. The highest BCUT2D eigenvalue weighted by atomic mass is 79.9. The number of nitrogens with one attached hydrogen (secondary N) is 1. The third-order valence-electron chi connectivity index (χ3n) is 2.57. The third kappa shape index (κ3) is 3.94. The minimum absolute atomic E-state index is 0.0521. The molecule has 18 heavy (non-hydrogen) atoms. The first-order chi connectivity index (χ1) is 8.40. The van der Waals surface area contributed by atoms with E-state index in [-0.39, 0.29) is 17.5 Å². The number of nitrogens with two attached hydrogens (primary N) is 1. The van der Waals surface area contributed by atoms with E-state index in [1.807, 2.05) is 6.92 Å². The number of sulfonamides is 1. The van der Waals surface area contributed by atoms with Crippen molar-refractivity contribution in [1.29, 1.82) is 0 Å². The van der Waals surface area contributed by atoms with Gasteiger partial charge in [0, 0.05) is 22.8 Å². The van der Waals surface area contributed by atoms with Gasteiger partial charge in [-0.25, -0.2) is 13.1 Å². The summed E-state index contributed by atoms with van der Waals surface area (Å²) in [5, 5.41) is 8.85. The van der Waals surface area contributed by atoms with E-state index in [0.717, 1.165) is 0 Å². The van der Waals surface area contributed by atoms with Crippen LogP contribution in [0.2, 0.25) is 0 Å². The fraction of sp³-hybridized carbons (Fsp3) is 0.455. The number of aliphatic hydroxyl groups excluding tert-OH is 1. The topological polar surface area (TPSA) is 92.4 Å². The van der Waals surface area contributed by atoms with Crippen LogP contribution in [0.3, 0.4) is 0 Å². The van der Waals surface area contributed by atoms with Crippen LogP contribution in [-0.4, -0.2) is 26.2 Å². The summed E-state index contributed by atoms with van der Waals surface area (Å²) < 4.78 is 27.4. The molecule has 1 unspecified atom stereocenters. The zero-order valence-corrected chi connectivity index (χ0v) is 12.5. The Morgan fingerprint density at radius 3 is 2.67 bits per heavy atom. The Morgan fingerprint density at radius 1 is 1.50 bits per heavy atom. The van der Waals surface area contributed by atoms with E-state index in [1.54, 1.807) is 6.07 Å². The zero-order valence-electron chi connectivity index (χ0n) is 10.1. The third-order valence-corrected chi connectivity index (χ3v) is 4.81.